The summed E-state index contributed by atoms with van der Waals surface area (Å²) in [5.41, 5.74) is 0. The molecule has 0 aromatic carbocycles. The van der Waals surface area contributed by atoms with Gasteiger partial charge in [-0.3, -0.25) is 0 Å². The van der Waals surface area contributed by atoms with Crippen molar-refractivity contribution in [2.75, 3.05) is 20.1 Å². The van der Waals surface area contributed by atoms with Gasteiger partial charge in [-0.05, 0) is 42.8 Å². The third-order valence-electron chi connectivity index (χ3n) is 4.42. The number of rotatable bonds is 7. The van der Waals surface area contributed by atoms with E-state index in [0.29, 0.717) is 6.04 Å². The van der Waals surface area contributed by atoms with Crippen molar-refractivity contribution in [1.29, 1.82) is 0 Å². The Bertz CT molecular complexity index is 467. The monoisotopic (exact) mass is 320 g/mol. The number of hydrogen-bond donors (Lipinski definition) is 1. The van der Waals surface area contributed by atoms with Crippen LogP contribution in [0.5, 0.6) is 0 Å². The molecule has 21 heavy (non-hydrogen) atoms. The maximum atomic E-state index is 3.76. The first-order valence-corrected chi connectivity index (χ1v) is 9.61. The first kappa shape index (κ1) is 15.2. The highest BCUT2D eigenvalue weighted by Gasteiger charge is 2.20. The first-order valence-electron chi connectivity index (χ1n) is 7.85. The van der Waals surface area contributed by atoms with Gasteiger partial charge in [0.1, 0.15) is 0 Å². The van der Waals surface area contributed by atoms with Crippen LogP contribution in [0.1, 0.15) is 41.5 Å². The highest BCUT2D eigenvalue weighted by molar-refractivity contribution is 7.11. The lowest BCUT2D eigenvalue weighted by molar-refractivity contribution is 0.244. The summed E-state index contributed by atoms with van der Waals surface area (Å²) >= 11 is 3.69. The molecular weight excluding hydrogens is 296 g/mol. The molecular formula is C17H24N2S2. The summed E-state index contributed by atoms with van der Waals surface area (Å²) in [6.07, 6.45) is 5.59. The topological polar surface area (TPSA) is 15.3 Å². The number of nitrogens with one attached hydrogen (secondary N) is 1. The fourth-order valence-corrected chi connectivity index (χ4v) is 4.88. The van der Waals surface area contributed by atoms with Crippen LogP contribution in [0, 0.1) is 0 Å². The predicted octanol–water partition coefficient (Wildman–Crippen LogP) is 4.36. The highest BCUT2D eigenvalue weighted by Crippen LogP contribution is 2.29. The molecule has 1 N–H and O–H groups in total. The molecule has 0 unspecified atom stereocenters. The highest BCUT2D eigenvalue weighted by atomic mass is 32.1. The summed E-state index contributed by atoms with van der Waals surface area (Å²) in [7, 11) is 2.28. The number of thiophene rings is 2. The number of hydrogen-bond acceptors (Lipinski definition) is 4. The lowest BCUT2D eigenvalue weighted by atomic mass is 10.2. The van der Waals surface area contributed by atoms with Gasteiger partial charge in [-0.15, -0.1) is 22.7 Å². The molecule has 2 aromatic rings. The smallest absolute Gasteiger partial charge is 0.0765 e. The molecule has 0 radical (unpaired) electrons. The van der Waals surface area contributed by atoms with Gasteiger partial charge in [-0.1, -0.05) is 25.0 Å². The summed E-state index contributed by atoms with van der Waals surface area (Å²) in [5.74, 6) is 0. The molecule has 0 bridgehead atoms. The minimum Gasteiger partial charge on any atom is -0.304 e. The van der Waals surface area contributed by atoms with Crippen LogP contribution in [-0.2, 0) is 0 Å². The molecule has 0 atom stereocenters. The molecule has 0 amide bonds. The van der Waals surface area contributed by atoms with Crippen LogP contribution in [0.4, 0.5) is 0 Å². The maximum Gasteiger partial charge on any atom is 0.0765 e. The summed E-state index contributed by atoms with van der Waals surface area (Å²) in [6.45, 7) is 2.19. The Balaban J connectivity index is 1.55. The van der Waals surface area contributed by atoms with E-state index in [9.17, 15) is 0 Å². The van der Waals surface area contributed by atoms with Crippen LogP contribution in [0.15, 0.2) is 35.0 Å². The van der Waals surface area contributed by atoms with E-state index in [1.165, 1.54) is 35.4 Å². The molecule has 1 aliphatic rings. The van der Waals surface area contributed by atoms with E-state index in [-0.39, 0.29) is 0 Å². The van der Waals surface area contributed by atoms with Crippen LogP contribution in [-0.4, -0.2) is 31.1 Å². The van der Waals surface area contributed by atoms with Crippen molar-refractivity contribution in [3.8, 4) is 0 Å². The Kier molecular flexibility index (Phi) is 5.47. The van der Waals surface area contributed by atoms with Crippen molar-refractivity contribution >= 4 is 22.7 Å². The number of likely N-dealkylation sites (N-methyl/N-ethyl adjacent to an activating group) is 1. The maximum absolute atomic E-state index is 3.76. The minimum atomic E-state index is 0.363. The fraction of sp³-hybridized carbons (Fsp3) is 0.529. The van der Waals surface area contributed by atoms with Gasteiger partial charge in [0.2, 0.25) is 0 Å². The van der Waals surface area contributed by atoms with Crippen molar-refractivity contribution < 1.29 is 0 Å². The second kappa shape index (κ2) is 7.54. The Hall–Kier alpha value is -0.680. The molecule has 2 aromatic heterocycles. The molecule has 1 aliphatic carbocycles. The lowest BCUT2D eigenvalue weighted by Crippen LogP contribution is -2.36. The molecule has 0 saturated heterocycles. The second-order valence-corrected chi connectivity index (χ2v) is 7.80. The normalized spacial score (nSPS) is 16.3. The van der Waals surface area contributed by atoms with Gasteiger partial charge >= 0.3 is 0 Å². The molecule has 3 rings (SSSR count). The lowest BCUT2D eigenvalue weighted by Gasteiger charge is -2.25. The Morgan fingerprint density at radius 2 is 1.76 bits per heavy atom. The van der Waals surface area contributed by atoms with Crippen molar-refractivity contribution in [2.45, 2.75) is 37.8 Å². The quantitative estimate of drug-likeness (QED) is 0.815. The zero-order valence-corrected chi connectivity index (χ0v) is 14.3. The molecule has 1 fully saturated rings. The van der Waals surface area contributed by atoms with Crippen molar-refractivity contribution in [3.63, 3.8) is 0 Å². The summed E-state index contributed by atoms with van der Waals surface area (Å²) in [4.78, 5) is 5.38. The van der Waals surface area contributed by atoms with Crippen molar-refractivity contribution in [1.82, 2.24) is 10.2 Å². The van der Waals surface area contributed by atoms with E-state index in [1.807, 2.05) is 22.7 Å². The number of nitrogens with zero attached hydrogens (tertiary/aromatic N) is 1. The van der Waals surface area contributed by atoms with Crippen LogP contribution in [0.2, 0.25) is 0 Å². The van der Waals surface area contributed by atoms with E-state index in [1.54, 1.807) is 0 Å². The van der Waals surface area contributed by atoms with Crippen LogP contribution in [0.25, 0.3) is 0 Å². The largest absolute Gasteiger partial charge is 0.304 e. The van der Waals surface area contributed by atoms with E-state index in [4.69, 9.17) is 0 Å². The standard InChI is InChI=1S/C17H24N2S2/c1-19(14-6-2-3-7-14)11-10-18-17(15-8-4-12-20-15)16-9-5-13-21-16/h4-5,8-9,12-14,17-18H,2-3,6-7,10-11H2,1H3. The average Bonchev–Trinajstić information content (AvgIpc) is 3.27. The van der Waals surface area contributed by atoms with E-state index in [0.717, 1.165) is 19.1 Å². The Labute approximate surface area is 135 Å². The minimum absolute atomic E-state index is 0.363. The van der Waals surface area contributed by atoms with Gasteiger partial charge in [0.05, 0.1) is 6.04 Å². The van der Waals surface area contributed by atoms with E-state index in [2.05, 4.69) is 52.3 Å². The van der Waals surface area contributed by atoms with Gasteiger partial charge in [0.15, 0.2) is 0 Å². The molecule has 0 aliphatic heterocycles. The van der Waals surface area contributed by atoms with Gasteiger partial charge in [0.25, 0.3) is 0 Å². The van der Waals surface area contributed by atoms with E-state index < -0.39 is 0 Å². The molecule has 0 spiro atoms. The zero-order valence-electron chi connectivity index (χ0n) is 12.6. The fourth-order valence-electron chi connectivity index (χ4n) is 3.17. The Morgan fingerprint density at radius 3 is 2.29 bits per heavy atom. The molecule has 4 heteroatoms. The summed E-state index contributed by atoms with van der Waals surface area (Å²) in [5, 5.41) is 8.10. The second-order valence-electron chi connectivity index (χ2n) is 5.84. The molecule has 2 nitrogen and oxygen atoms in total. The van der Waals surface area contributed by atoms with Crippen LogP contribution in [0.3, 0.4) is 0 Å². The SMILES string of the molecule is CN(CCNC(c1cccs1)c1cccs1)C1CCCC1. The van der Waals surface area contributed by atoms with Crippen LogP contribution >= 0.6 is 22.7 Å². The zero-order chi connectivity index (χ0) is 14.5. The van der Waals surface area contributed by atoms with Gasteiger partial charge in [-0.25, -0.2) is 0 Å². The van der Waals surface area contributed by atoms with E-state index >= 15 is 0 Å². The van der Waals surface area contributed by atoms with Gasteiger partial charge < -0.3 is 10.2 Å². The predicted molar refractivity (Wildman–Crippen MR) is 93.4 cm³/mol. The van der Waals surface area contributed by atoms with Crippen molar-refractivity contribution in [3.05, 3.63) is 44.8 Å². The van der Waals surface area contributed by atoms with Crippen molar-refractivity contribution in [2.24, 2.45) is 0 Å². The average molecular weight is 321 g/mol. The Morgan fingerprint density at radius 1 is 1.14 bits per heavy atom. The van der Waals surface area contributed by atoms with Gasteiger partial charge in [-0.2, -0.15) is 0 Å². The first-order chi connectivity index (χ1) is 10.3. The molecule has 1 saturated carbocycles. The molecule has 2 heterocycles. The summed E-state index contributed by atoms with van der Waals surface area (Å²) < 4.78 is 0. The van der Waals surface area contributed by atoms with Gasteiger partial charge in [0, 0.05) is 28.9 Å². The third-order valence-corrected chi connectivity index (χ3v) is 6.29. The molecule has 114 valence electrons. The third kappa shape index (κ3) is 3.95. The van der Waals surface area contributed by atoms with Crippen LogP contribution < -0.4 is 5.32 Å². The summed E-state index contributed by atoms with van der Waals surface area (Å²) in [6, 6.07) is 9.95.